The Labute approximate surface area is 83.0 Å². The lowest BCUT2D eigenvalue weighted by Gasteiger charge is -1.32. The second kappa shape index (κ2) is 3950. The molecule has 0 amide bonds. The van der Waals surface area contributed by atoms with Gasteiger partial charge in [-0.25, -0.2) is 0 Å². The van der Waals surface area contributed by atoms with Gasteiger partial charge in [-0.3, -0.25) is 0 Å². The van der Waals surface area contributed by atoms with Crippen LogP contribution in [0.3, 0.4) is 0 Å². The standard InChI is InChI=1S/Al.HNO2.9H2O.2H/c;2-1-3;;;;;;;;;;;/h;(H,2,3);9*1H2;;/q-1;;;;;;;;;;;;. The molecule has 0 aliphatic rings. The highest BCUT2D eigenvalue weighted by Crippen LogP contribution is 1.25. The fraction of sp³-hybridized carbons (Fsp3) is 0. The van der Waals surface area contributed by atoms with E-state index in [1.807, 2.05) is 0 Å². The Morgan fingerprint density at radius 2 is 0.615 bits per heavy atom. The van der Waals surface area contributed by atoms with Crippen LogP contribution in [0.2, 0.25) is 0 Å². The third kappa shape index (κ3) is 5800. The van der Waals surface area contributed by atoms with Crippen LogP contribution in [0.15, 0.2) is 5.34 Å². The van der Waals surface area contributed by atoms with E-state index in [-0.39, 0.29) is 66.6 Å². The minimum absolute atomic E-state index is 0. The van der Waals surface area contributed by atoms with Crippen LogP contribution in [0.4, 0.5) is 0 Å². The minimum Gasteiger partial charge on any atom is -0.412 e. The highest BCUT2D eigenvalue weighted by molar-refractivity contribution is 5.75. The molecular weight excluding hydrogens is 217 g/mol. The van der Waals surface area contributed by atoms with Crippen molar-refractivity contribution >= 4 is 17.4 Å². The summed E-state index contributed by atoms with van der Waals surface area (Å²) < 4.78 is 0. The Hall–Kier alpha value is -0.428. The number of rotatable bonds is 0. The quantitative estimate of drug-likeness (QED) is 0.243. The van der Waals surface area contributed by atoms with Crippen molar-refractivity contribution in [1.82, 2.24) is 0 Å². The van der Waals surface area contributed by atoms with Crippen molar-refractivity contribution in [2.24, 2.45) is 5.34 Å². The van der Waals surface area contributed by atoms with Crippen LogP contribution in [-0.2, 0) is 0 Å². The van der Waals surface area contributed by atoms with E-state index in [0.29, 0.717) is 0 Å². The molecule has 0 atom stereocenters. The summed E-state index contributed by atoms with van der Waals surface area (Å²) >= 11 is 0. The van der Waals surface area contributed by atoms with Crippen molar-refractivity contribution in [3.8, 4) is 0 Å². The van der Waals surface area contributed by atoms with Gasteiger partial charge in [0.05, 0.1) is 0 Å². The Kier molecular flexibility index (Phi) is 207000. The summed E-state index contributed by atoms with van der Waals surface area (Å²) in [6.07, 6.45) is 0. The summed E-state index contributed by atoms with van der Waals surface area (Å²) in [5.41, 5.74) is 0. The fourth-order valence-corrected chi connectivity index (χ4v) is 0. The molecule has 0 aliphatic heterocycles. The number of nitrogens with zero attached hydrogens (tertiary/aromatic N) is 1. The molecule has 0 saturated heterocycles. The molecule has 0 unspecified atom stereocenters. The molecule has 13 heteroatoms. The molecule has 0 aromatic rings. The van der Waals surface area contributed by atoms with Crippen molar-refractivity contribution in [3.05, 3.63) is 4.91 Å². The lowest BCUT2D eigenvalue weighted by molar-refractivity contribution is 0.312. The Morgan fingerprint density at radius 3 is 0.615 bits per heavy atom. The molecule has 0 bridgehead atoms. The largest absolute Gasteiger partial charge is 0.412 e. The summed E-state index contributed by atoms with van der Waals surface area (Å²) in [4.78, 5) is 8.11. The van der Waals surface area contributed by atoms with E-state index in [1.165, 1.54) is 5.34 Å². The summed E-state index contributed by atoms with van der Waals surface area (Å²) in [6, 6.07) is 0. The summed E-state index contributed by atoms with van der Waals surface area (Å²) in [6.45, 7) is 0. The molecule has 0 spiro atoms. The lowest BCUT2D eigenvalue weighted by Crippen LogP contribution is -1.25. The normalized spacial score (nSPS) is 0.923. The second-order valence-corrected chi connectivity index (χ2v) is 0.0816. The van der Waals surface area contributed by atoms with E-state index in [2.05, 4.69) is 0 Å². The van der Waals surface area contributed by atoms with E-state index in [9.17, 15) is 0 Å². The Bertz CT molecular complexity index is 17.6. The molecule has 2 radical (unpaired) electrons. The average molecular weight is 238 g/mol. The van der Waals surface area contributed by atoms with Gasteiger partial charge in [-0.05, 0) is 0 Å². The van der Waals surface area contributed by atoms with Gasteiger partial charge >= 0.3 is 0 Å². The van der Waals surface area contributed by atoms with Gasteiger partial charge in [-0.2, -0.15) is 0 Å². The fourth-order valence-electron chi connectivity index (χ4n) is 0. The first-order valence-electron chi connectivity index (χ1n) is 0.383. The molecule has 13 heavy (non-hydrogen) atoms. The Morgan fingerprint density at radius 1 is 0.615 bits per heavy atom. The van der Waals surface area contributed by atoms with E-state index in [0.717, 1.165) is 0 Å². The van der Waals surface area contributed by atoms with Crippen LogP contribution < -0.4 is 0 Å². The van der Waals surface area contributed by atoms with E-state index >= 15 is 0 Å². The monoisotopic (exact) mass is 238 g/mol. The van der Waals surface area contributed by atoms with Crippen molar-refractivity contribution in [3.63, 3.8) is 0 Å². The van der Waals surface area contributed by atoms with Gasteiger partial charge in [-0.15, -0.1) is 4.91 Å². The summed E-state index contributed by atoms with van der Waals surface area (Å²) in [7, 11) is 0. The third-order valence-corrected chi connectivity index (χ3v) is 0. The molecule has 0 aromatic heterocycles. The first-order chi connectivity index (χ1) is 1.41. The van der Waals surface area contributed by atoms with Crippen LogP contribution in [0.1, 0.15) is 0 Å². The van der Waals surface area contributed by atoms with Gasteiger partial charge in [0, 0.05) is 0 Å². The minimum atomic E-state index is 0. The molecule has 0 saturated carbocycles. The van der Waals surface area contributed by atoms with Crippen molar-refractivity contribution in [2.75, 3.05) is 0 Å². The predicted molar refractivity (Wildman–Crippen MR) is 48.6 cm³/mol. The molecular formula is H21AlNO11-. The van der Waals surface area contributed by atoms with Gasteiger partial charge in [0.15, 0.2) is 5.34 Å². The molecule has 19 N–H and O–H groups in total. The zero-order valence-corrected chi connectivity index (χ0v) is 8.80. The van der Waals surface area contributed by atoms with Crippen molar-refractivity contribution in [1.29, 1.82) is 0 Å². The Balaban J connectivity index is -0.000000000444. The van der Waals surface area contributed by atoms with Gasteiger partial charge in [-0.1, -0.05) is 0 Å². The van der Waals surface area contributed by atoms with Crippen molar-refractivity contribution < 1.29 is 54.5 Å². The van der Waals surface area contributed by atoms with E-state index in [4.69, 9.17) is 10.1 Å². The SMILES string of the molecule is O.O.O.O.O.O.O.O.O.O=NO.[AlH2-]. The van der Waals surface area contributed by atoms with Gasteiger partial charge in [0.2, 0.25) is 0 Å². The maximum atomic E-state index is 8.11. The maximum absolute atomic E-state index is 8.11. The van der Waals surface area contributed by atoms with E-state index < -0.39 is 0 Å². The van der Waals surface area contributed by atoms with Crippen LogP contribution in [0.5, 0.6) is 0 Å². The maximum Gasteiger partial charge on any atom is 0.152 e. The highest BCUT2D eigenvalue weighted by Gasteiger charge is 1.18. The summed E-state index contributed by atoms with van der Waals surface area (Å²) in [5.74, 6) is 0. The van der Waals surface area contributed by atoms with Crippen LogP contribution in [-0.4, -0.2) is 71.9 Å². The lowest BCUT2D eigenvalue weighted by atomic mass is 13.4. The number of hydrogen-bond acceptors (Lipinski definition) is 2. The molecule has 0 fully saturated rings. The third-order valence-electron chi connectivity index (χ3n) is 0. The van der Waals surface area contributed by atoms with Crippen LogP contribution in [0, 0.1) is 4.91 Å². The smallest absolute Gasteiger partial charge is 0.152 e. The first-order valence-corrected chi connectivity index (χ1v) is 0.383. The van der Waals surface area contributed by atoms with Gasteiger partial charge in [0.25, 0.3) is 0 Å². The average Bonchev–Trinajstić information content (AvgIpc) is 0.918. The number of hydrogen-bond donors (Lipinski definition) is 1. The molecule has 0 heterocycles. The topological polar surface area (TPSA) is 333 Å². The predicted octanol–water partition coefficient (Wildman–Crippen LogP) is -8.20. The molecule has 12 nitrogen and oxygen atoms in total. The molecule has 0 aliphatic carbocycles. The van der Waals surface area contributed by atoms with Gasteiger partial charge in [0.1, 0.15) is 0 Å². The zero-order chi connectivity index (χ0) is 2.71. The zero-order valence-electron chi connectivity index (χ0n) is 6.80. The molecule has 0 aromatic carbocycles. The van der Waals surface area contributed by atoms with Gasteiger partial charge < -0.3 is 71.9 Å². The van der Waals surface area contributed by atoms with E-state index in [1.54, 1.807) is 0 Å². The first kappa shape index (κ1) is 681. The summed E-state index contributed by atoms with van der Waals surface area (Å²) in [5, 5.41) is 7.89. The van der Waals surface area contributed by atoms with Crippen LogP contribution in [0.25, 0.3) is 0 Å². The second-order valence-electron chi connectivity index (χ2n) is 0.0816. The van der Waals surface area contributed by atoms with Crippen LogP contribution >= 0.6 is 0 Å². The molecule has 96 valence electrons. The molecule has 0 rings (SSSR count). The highest BCUT2D eigenvalue weighted by atomic mass is 27.0. The van der Waals surface area contributed by atoms with Crippen molar-refractivity contribution in [2.45, 2.75) is 0 Å².